The first kappa shape index (κ1) is 8.24. The normalized spacial score (nSPS) is 35.0. The molecule has 14 heavy (non-hydrogen) atoms. The van der Waals surface area contributed by atoms with Gasteiger partial charge < -0.3 is 11.1 Å². The van der Waals surface area contributed by atoms with Gasteiger partial charge in [0.25, 0.3) is 0 Å². The zero-order chi connectivity index (χ0) is 9.54. The van der Waals surface area contributed by atoms with Crippen molar-refractivity contribution < 1.29 is 0 Å². The van der Waals surface area contributed by atoms with Crippen LogP contribution in [-0.2, 0) is 0 Å². The molecule has 2 fully saturated rings. The molecule has 3 rings (SSSR count). The zero-order valence-electron chi connectivity index (χ0n) is 8.11. The molecule has 2 aliphatic rings. The molecule has 1 aromatic heterocycles. The van der Waals surface area contributed by atoms with E-state index in [1.165, 1.54) is 24.8 Å². The average Bonchev–Trinajstić information content (AvgIpc) is 2.80. The van der Waals surface area contributed by atoms with E-state index in [0.29, 0.717) is 17.8 Å². The molecule has 1 aromatic rings. The molecule has 0 radical (unpaired) electrons. The van der Waals surface area contributed by atoms with Gasteiger partial charge in [-0.3, -0.25) is 0 Å². The molecule has 2 unspecified atom stereocenters. The van der Waals surface area contributed by atoms with E-state index in [0.717, 1.165) is 6.04 Å². The van der Waals surface area contributed by atoms with Crippen LogP contribution >= 0.6 is 0 Å². The standard InChI is InChI=1S/C11H15N3/c12-11-4-1-7(6-13-11)9-5-8-2-3-10(9)14-8/h1,4,6,8-10,14H,2-3,5H2,(H2,12,13)/t8?,9-,10?/m1/s1. The summed E-state index contributed by atoms with van der Waals surface area (Å²) < 4.78 is 0. The van der Waals surface area contributed by atoms with Gasteiger partial charge in [0.05, 0.1) is 0 Å². The van der Waals surface area contributed by atoms with E-state index < -0.39 is 0 Å². The van der Waals surface area contributed by atoms with Crippen molar-refractivity contribution in [1.29, 1.82) is 0 Å². The number of nitrogens with two attached hydrogens (primary N) is 1. The van der Waals surface area contributed by atoms with Gasteiger partial charge in [0.15, 0.2) is 0 Å². The maximum absolute atomic E-state index is 5.57. The fraction of sp³-hybridized carbons (Fsp3) is 0.545. The quantitative estimate of drug-likeness (QED) is 0.699. The monoisotopic (exact) mass is 189 g/mol. The van der Waals surface area contributed by atoms with Crippen molar-refractivity contribution in [3.8, 4) is 0 Å². The molecule has 0 amide bonds. The molecule has 0 spiro atoms. The predicted octanol–water partition coefficient (Wildman–Crippen LogP) is 1.27. The molecule has 2 bridgehead atoms. The van der Waals surface area contributed by atoms with Gasteiger partial charge in [0, 0.05) is 24.2 Å². The van der Waals surface area contributed by atoms with Gasteiger partial charge in [-0.1, -0.05) is 6.07 Å². The van der Waals surface area contributed by atoms with Crippen molar-refractivity contribution >= 4 is 5.82 Å². The Hall–Kier alpha value is -1.09. The molecule has 3 atom stereocenters. The number of hydrogen-bond donors (Lipinski definition) is 2. The summed E-state index contributed by atoms with van der Waals surface area (Å²) in [5.74, 6) is 1.28. The number of pyridine rings is 1. The molecular formula is C11H15N3. The maximum atomic E-state index is 5.57. The van der Waals surface area contributed by atoms with Crippen molar-refractivity contribution in [1.82, 2.24) is 10.3 Å². The predicted molar refractivity (Wildman–Crippen MR) is 56.0 cm³/mol. The average molecular weight is 189 g/mol. The molecule has 3 N–H and O–H groups in total. The fourth-order valence-electron chi connectivity index (χ4n) is 2.83. The zero-order valence-corrected chi connectivity index (χ0v) is 8.11. The Morgan fingerprint density at radius 1 is 1.36 bits per heavy atom. The van der Waals surface area contributed by atoms with E-state index in [-0.39, 0.29) is 0 Å². The Balaban J connectivity index is 1.86. The lowest BCUT2D eigenvalue weighted by atomic mass is 9.85. The Labute approximate surface area is 83.7 Å². The molecular weight excluding hydrogens is 174 g/mol. The number of fused-ring (bicyclic) bond motifs is 2. The van der Waals surface area contributed by atoms with Crippen LogP contribution in [0.4, 0.5) is 5.82 Å². The summed E-state index contributed by atoms with van der Waals surface area (Å²) in [6.07, 6.45) is 5.88. The molecule has 2 saturated heterocycles. The lowest BCUT2D eigenvalue weighted by Gasteiger charge is -2.19. The minimum Gasteiger partial charge on any atom is -0.384 e. The van der Waals surface area contributed by atoms with Crippen LogP contribution in [-0.4, -0.2) is 17.1 Å². The molecule has 3 heteroatoms. The molecule has 0 aliphatic carbocycles. The number of nitrogens with one attached hydrogen (secondary N) is 1. The highest BCUT2D eigenvalue weighted by atomic mass is 15.0. The third-order valence-electron chi connectivity index (χ3n) is 3.54. The number of hydrogen-bond acceptors (Lipinski definition) is 3. The van der Waals surface area contributed by atoms with Gasteiger partial charge >= 0.3 is 0 Å². The summed E-state index contributed by atoms with van der Waals surface area (Å²) in [4.78, 5) is 4.16. The first-order valence-corrected chi connectivity index (χ1v) is 5.30. The molecule has 74 valence electrons. The summed E-state index contributed by atoms with van der Waals surface area (Å²) in [7, 11) is 0. The minimum absolute atomic E-state index is 0.616. The molecule has 3 heterocycles. The van der Waals surface area contributed by atoms with Crippen molar-refractivity contribution in [3.05, 3.63) is 23.9 Å². The Morgan fingerprint density at radius 2 is 2.29 bits per heavy atom. The van der Waals surface area contributed by atoms with Crippen LogP contribution in [0.2, 0.25) is 0 Å². The van der Waals surface area contributed by atoms with E-state index in [2.05, 4.69) is 16.4 Å². The Bertz CT molecular complexity index is 333. The van der Waals surface area contributed by atoms with E-state index in [1.807, 2.05) is 12.3 Å². The van der Waals surface area contributed by atoms with E-state index in [4.69, 9.17) is 5.73 Å². The smallest absolute Gasteiger partial charge is 0.123 e. The summed E-state index contributed by atoms with van der Waals surface area (Å²) >= 11 is 0. The first-order valence-electron chi connectivity index (χ1n) is 5.30. The minimum atomic E-state index is 0.616. The summed E-state index contributed by atoms with van der Waals surface area (Å²) in [5, 5.41) is 3.63. The number of anilines is 1. The molecule has 0 saturated carbocycles. The van der Waals surface area contributed by atoms with E-state index in [9.17, 15) is 0 Å². The summed E-state index contributed by atoms with van der Waals surface area (Å²) in [6, 6.07) is 5.46. The van der Waals surface area contributed by atoms with Crippen LogP contribution in [0.1, 0.15) is 30.7 Å². The van der Waals surface area contributed by atoms with Crippen molar-refractivity contribution in [2.24, 2.45) is 0 Å². The Morgan fingerprint density at radius 3 is 2.86 bits per heavy atom. The van der Waals surface area contributed by atoms with Gasteiger partial charge in [-0.2, -0.15) is 0 Å². The van der Waals surface area contributed by atoms with Gasteiger partial charge in [-0.05, 0) is 30.9 Å². The van der Waals surface area contributed by atoms with Crippen molar-refractivity contribution in [3.63, 3.8) is 0 Å². The highest BCUT2D eigenvalue weighted by Gasteiger charge is 2.39. The second-order valence-corrected chi connectivity index (χ2v) is 4.41. The van der Waals surface area contributed by atoms with Crippen LogP contribution in [0.25, 0.3) is 0 Å². The SMILES string of the molecule is Nc1ccc([C@H]2CC3CCC2N3)cn1. The van der Waals surface area contributed by atoms with Gasteiger partial charge in [-0.25, -0.2) is 4.98 Å². The first-order chi connectivity index (χ1) is 6.83. The Kier molecular flexibility index (Phi) is 1.74. The third kappa shape index (κ3) is 1.20. The topological polar surface area (TPSA) is 50.9 Å². The molecule has 2 aliphatic heterocycles. The third-order valence-corrected chi connectivity index (χ3v) is 3.54. The second-order valence-electron chi connectivity index (χ2n) is 4.41. The van der Waals surface area contributed by atoms with Crippen LogP contribution in [0.15, 0.2) is 18.3 Å². The van der Waals surface area contributed by atoms with Gasteiger partial charge in [0.1, 0.15) is 5.82 Å². The number of nitrogen functional groups attached to an aromatic ring is 1. The largest absolute Gasteiger partial charge is 0.384 e. The highest BCUT2D eigenvalue weighted by molar-refractivity contribution is 5.32. The number of nitrogens with zero attached hydrogens (tertiary/aromatic N) is 1. The lowest BCUT2D eigenvalue weighted by molar-refractivity contribution is 0.505. The fourth-order valence-corrected chi connectivity index (χ4v) is 2.83. The highest BCUT2D eigenvalue weighted by Crippen LogP contribution is 2.39. The van der Waals surface area contributed by atoms with Crippen molar-refractivity contribution in [2.75, 3.05) is 5.73 Å². The summed E-state index contributed by atoms with van der Waals surface area (Å²) in [5.41, 5.74) is 6.92. The molecule has 0 aromatic carbocycles. The van der Waals surface area contributed by atoms with E-state index >= 15 is 0 Å². The van der Waals surface area contributed by atoms with Crippen molar-refractivity contribution in [2.45, 2.75) is 37.3 Å². The lowest BCUT2D eigenvalue weighted by Crippen LogP contribution is -2.21. The number of rotatable bonds is 1. The molecule has 3 nitrogen and oxygen atoms in total. The van der Waals surface area contributed by atoms with Crippen LogP contribution in [0.3, 0.4) is 0 Å². The maximum Gasteiger partial charge on any atom is 0.123 e. The van der Waals surface area contributed by atoms with E-state index in [1.54, 1.807) is 0 Å². The summed E-state index contributed by atoms with van der Waals surface area (Å²) in [6.45, 7) is 0. The van der Waals surface area contributed by atoms with Crippen LogP contribution < -0.4 is 11.1 Å². The van der Waals surface area contributed by atoms with Gasteiger partial charge in [0.2, 0.25) is 0 Å². The van der Waals surface area contributed by atoms with Gasteiger partial charge in [-0.15, -0.1) is 0 Å². The second kappa shape index (κ2) is 2.95. The van der Waals surface area contributed by atoms with Crippen LogP contribution in [0, 0.1) is 0 Å². The van der Waals surface area contributed by atoms with Crippen LogP contribution in [0.5, 0.6) is 0 Å². The number of aromatic nitrogens is 1.